The Morgan fingerprint density at radius 2 is 1.61 bits per heavy atom. The first kappa shape index (κ1) is 19.6. The molecule has 0 fully saturated rings. The van der Waals surface area contributed by atoms with Crippen LogP contribution in [-0.4, -0.2) is 40.6 Å². The van der Waals surface area contributed by atoms with Crippen LogP contribution < -0.4 is 5.32 Å². The van der Waals surface area contributed by atoms with Crippen LogP contribution >= 0.6 is 0 Å². The van der Waals surface area contributed by atoms with Crippen LogP contribution in [0.15, 0.2) is 36.4 Å². The van der Waals surface area contributed by atoms with Crippen molar-refractivity contribution in [2.45, 2.75) is 45.3 Å². The number of hydrogen-bond donors (Lipinski definition) is 1. The van der Waals surface area contributed by atoms with Gasteiger partial charge in [-0.05, 0) is 45.7 Å². The number of fused-ring (bicyclic) bond motifs is 1. The van der Waals surface area contributed by atoms with E-state index in [4.69, 9.17) is 9.57 Å². The molecule has 8 heteroatoms. The molecule has 0 bridgehead atoms. The van der Waals surface area contributed by atoms with Crippen LogP contribution in [-0.2, 0) is 14.4 Å². The summed E-state index contributed by atoms with van der Waals surface area (Å²) in [5.41, 5.74) is -0.301. The van der Waals surface area contributed by atoms with Gasteiger partial charge in [0, 0.05) is 6.04 Å². The van der Waals surface area contributed by atoms with E-state index >= 15 is 0 Å². The van der Waals surface area contributed by atoms with Crippen molar-refractivity contribution in [1.82, 2.24) is 10.4 Å². The van der Waals surface area contributed by atoms with Crippen molar-refractivity contribution in [1.29, 1.82) is 0 Å². The summed E-state index contributed by atoms with van der Waals surface area (Å²) in [5, 5.41) is 3.15. The maximum absolute atomic E-state index is 12.7. The van der Waals surface area contributed by atoms with E-state index in [1.165, 1.54) is 12.1 Å². The molecule has 0 saturated heterocycles. The Hall–Kier alpha value is -3.16. The number of nitrogens with one attached hydrogen (secondary N) is 1. The number of imide groups is 1. The summed E-state index contributed by atoms with van der Waals surface area (Å²) in [6.07, 6.45) is 3.70. The van der Waals surface area contributed by atoms with Crippen LogP contribution in [0.25, 0.3) is 0 Å². The van der Waals surface area contributed by atoms with Gasteiger partial charge in [0.2, 0.25) is 0 Å². The van der Waals surface area contributed by atoms with E-state index in [9.17, 15) is 19.2 Å². The molecule has 8 nitrogen and oxygen atoms in total. The van der Waals surface area contributed by atoms with Gasteiger partial charge in [0.25, 0.3) is 11.8 Å². The molecular formula is C20H22N2O6. The van der Waals surface area contributed by atoms with Crippen molar-refractivity contribution < 1.29 is 28.8 Å². The molecule has 0 aromatic heterocycles. The Bertz CT molecular complexity index is 819. The average molecular weight is 386 g/mol. The normalized spacial score (nSPS) is 21.3. The zero-order valence-corrected chi connectivity index (χ0v) is 15.9. The maximum atomic E-state index is 12.7. The molecule has 2 atom stereocenters. The summed E-state index contributed by atoms with van der Waals surface area (Å²) in [5.74, 6) is -2.88. The summed E-state index contributed by atoms with van der Waals surface area (Å²) >= 11 is 0. The van der Waals surface area contributed by atoms with Crippen LogP contribution in [0, 0.1) is 5.92 Å². The second-order valence-corrected chi connectivity index (χ2v) is 7.66. The van der Waals surface area contributed by atoms with Crippen LogP contribution in [0.4, 0.5) is 4.79 Å². The molecule has 28 heavy (non-hydrogen) atoms. The van der Waals surface area contributed by atoms with E-state index < -0.39 is 41.4 Å². The van der Waals surface area contributed by atoms with Gasteiger partial charge in [-0.1, -0.05) is 29.3 Å². The van der Waals surface area contributed by atoms with E-state index in [-0.39, 0.29) is 11.1 Å². The number of rotatable bonds is 3. The smallest absolute Gasteiger partial charge is 0.407 e. The van der Waals surface area contributed by atoms with Gasteiger partial charge in [-0.15, -0.1) is 0 Å². The number of hydroxylamine groups is 2. The number of amides is 3. The molecule has 148 valence electrons. The molecular weight excluding hydrogens is 364 g/mol. The molecule has 1 N–H and O–H groups in total. The highest BCUT2D eigenvalue weighted by Crippen LogP contribution is 2.26. The molecule has 1 aromatic rings. The first-order valence-corrected chi connectivity index (χ1v) is 9.01. The number of benzene rings is 1. The van der Waals surface area contributed by atoms with Crippen LogP contribution in [0.2, 0.25) is 0 Å². The molecule has 3 rings (SSSR count). The Kier molecular flexibility index (Phi) is 5.22. The number of hydrogen-bond acceptors (Lipinski definition) is 6. The topological polar surface area (TPSA) is 102 Å². The number of ether oxygens (including phenoxy) is 1. The minimum absolute atomic E-state index is 0.187. The first-order chi connectivity index (χ1) is 13.2. The predicted molar refractivity (Wildman–Crippen MR) is 98.1 cm³/mol. The zero-order valence-electron chi connectivity index (χ0n) is 15.9. The van der Waals surface area contributed by atoms with E-state index in [2.05, 4.69) is 5.32 Å². The van der Waals surface area contributed by atoms with Gasteiger partial charge >= 0.3 is 12.1 Å². The largest absolute Gasteiger partial charge is 0.444 e. The highest BCUT2D eigenvalue weighted by Gasteiger charge is 2.41. The third kappa shape index (κ3) is 4.05. The first-order valence-electron chi connectivity index (χ1n) is 9.01. The summed E-state index contributed by atoms with van der Waals surface area (Å²) in [4.78, 5) is 54.6. The lowest BCUT2D eigenvalue weighted by Crippen LogP contribution is -2.47. The Morgan fingerprint density at radius 1 is 1.04 bits per heavy atom. The highest BCUT2D eigenvalue weighted by atomic mass is 16.7. The van der Waals surface area contributed by atoms with E-state index in [0.29, 0.717) is 17.9 Å². The standard InChI is InChI=1S/C20H22N2O6/c1-20(2,3)27-19(26)21-15-11-7-6-10-14(15)18(25)28-22-16(23)12-8-4-5-9-13(12)17(22)24/h4-9,14-15H,10-11H2,1-3H3,(H,21,26). The van der Waals surface area contributed by atoms with Crippen molar-refractivity contribution in [2.24, 2.45) is 5.92 Å². The van der Waals surface area contributed by atoms with Gasteiger partial charge in [0.15, 0.2) is 0 Å². The minimum Gasteiger partial charge on any atom is -0.444 e. The number of allylic oxidation sites excluding steroid dienone is 1. The van der Waals surface area contributed by atoms with Gasteiger partial charge in [0.1, 0.15) is 5.60 Å². The second-order valence-electron chi connectivity index (χ2n) is 7.66. The van der Waals surface area contributed by atoms with Crippen molar-refractivity contribution >= 4 is 23.9 Å². The highest BCUT2D eigenvalue weighted by molar-refractivity contribution is 6.20. The van der Waals surface area contributed by atoms with Gasteiger partial charge < -0.3 is 14.9 Å². The van der Waals surface area contributed by atoms with Crippen LogP contribution in [0.3, 0.4) is 0 Å². The number of carbonyl (C=O) groups is 4. The molecule has 0 radical (unpaired) electrons. The van der Waals surface area contributed by atoms with Gasteiger partial charge in [-0.25, -0.2) is 9.59 Å². The lowest BCUT2D eigenvalue weighted by Gasteiger charge is -2.29. The second kappa shape index (κ2) is 7.46. The summed E-state index contributed by atoms with van der Waals surface area (Å²) in [6.45, 7) is 5.21. The zero-order chi connectivity index (χ0) is 20.5. The molecule has 1 aliphatic heterocycles. The SMILES string of the molecule is CC(C)(C)OC(=O)NC1CC=CCC1C(=O)ON1C(=O)c2ccccc2C1=O. The average Bonchev–Trinajstić information content (AvgIpc) is 2.86. The van der Waals surface area contributed by atoms with Crippen molar-refractivity contribution in [2.75, 3.05) is 0 Å². The fourth-order valence-corrected chi connectivity index (χ4v) is 3.10. The third-order valence-corrected chi connectivity index (χ3v) is 4.38. The quantitative estimate of drug-likeness (QED) is 0.633. The summed E-state index contributed by atoms with van der Waals surface area (Å²) in [7, 11) is 0. The predicted octanol–water partition coefficient (Wildman–Crippen LogP) is 2.60. The number of carbonyl (C=O) groups excluding carboxylic acids is 4. The summed E-state index contributed by atoms with van der Waals surface area (Å²) in [6, 6.07) is 5.69. The van der Waals surface area contributed by atoms with Gasteiger partial charge in [-0.2, -0.15) is 0 Å². The van der Waals surface area contributed by atoms with Gasteiger partial charge in [-0.3, -0.25) is 9.59 Å². The molecule has 2 unspecified atom stereocenters. The fraction of sp³-hybridized carbons (Fsp3) is 0.400. The van der Waals surface area contributed by atoms with Gasteiger partial charge in [0.05, 0.1) is 17.0 Å². The molecule has 3 amide bonds. The number of nitrogens with zero attached hydrogens (tertiary/aromatic N) is 1. The molecule has 0 spiro atoms. The molecule has 1 heterocycles. The van der Waals surface area contributed by atoms with E-state index in [1.807, 2.05) is 6.08 Å². The van der Waals surface area contributed by atoms with Crippen molar-refractivity contribution in [3.8, 4) is 0 Å². The molecule has 1 aliphatic carbocycles. The van der Waals surface area contributed by atoms with Crippen molar-refractivity contribution in [3.63, 3.8) is 0 Å². The summed E-state index contributed by atoms with van der Waals surface area (Å²) < 4.78 is 5.23. The monoisotopic (exact) mass is 386 g/mol. The van der Waals surface area contributed by atoms with E-state index in [0.717, 1.165) is 0 Å². The maximum Gasteiger partial charge on any atom is 0.407 e. The number of alkyl carbamates (subject to hydrolysis) is 1. The van der Waals surface area contributed by atoms with Crippen LogP contribution in [0.5, 0.6) is 0 Å². The third-order valence-electron chi connectivity index (χ3n) is 4.38. The Labute approximate surface area is 162 Å². The molecule has 2 aliphatic rings. The van der Waals surface area contributed by atoms with Crippen LogP contribution in [0.1, 0.15) is 54.3 Å². The lowest BCUT2D eigenvalue weighted by atomic mass is 9.89. The minimum atomic E-state index is -0.764. The Balaban J connectivity index is 1.69. The van der Waals surface area contributed by atoms with E-state index in [1.54, 1.807) is 39.0 Å². The fourth-order valence-electron chi connectivity index (χ4n) is 3.10. The molecule has 1 aromatic carbocycles. The van der Waals surface area contributed by atoms with Crippen molar-refractivity contribution in [3.05, 3.63) is 47.5 Å². The molecule has 0 saturated carbocycles. The lowest BCUT2D eigenvalue weighted by molar-refractivity contribution is -0.174. The Morgan fingerprint density at radius 3 is 2.18 bits per heavy atom.